The molecule has 162 valence electrons. The second-order valence-corrected chi connectivity index (χ2v) is 9.38. The van der Waals surface area contributed by atoms with E-state index >= 15 is 0 Å². The Kier molecular flexibility index (Phi) is 5.86. The van der Waals surface area contributed by atoms with Crippen LogP contribution < -0.4 is 5.32 Å². The lowest BCUT2D eigenvalue weighted by molar-refractivity contribution is 0.102. The molecule has 3 aromatic rings. The molecule has 1 aliphatic heterocycles. The predicted molar refractivity (Wildman–Crippen MR) is 117 cm³/mol. The fourth-order valence-corrected chi connectivity index (χ4v) is 4.77. The van der Waals surface area contributed by atoms with Crippen molar-refractivity contribution in [3.05, 3.63) is 66.0 Å². The summed E-state index contributed by atoms with van der Waals surface area (Å²) in [7, 11) is -1.57. The Morgan fingerprint density at radius 2 is 1.58 bits per heavy atom. The molecule has 1 aromatic heterocycles. The largest absolute Gasteiger partial charge is 0.321 e. The van der Waals surface area contributed by atoms with Crippen LogP contribution in [0, 0.1) is 6.92 Å². The number of rotatable bonds is 5. The van der Waals surface area contributed by atoms with Crippen molar-refractivity contribution in [2.45, 2.75) is 11.8 Å². The lowest BCUT2D eigenvalue weighted by Gasteiger charge is -2.31. The minimum atomic E-state index is -3.55. The Morgan fingerprint density at radius 3 is 2.23 bits per heavy atom. The van der Waals surface area contributed by atoms with Crippen LogP contribution >= 0.6 is 0 Å². The summed E-state index contributed by atoms with van der Waals surface area (Å²) in [5.74, 6) is -0.408. The molecule has 0 unspecified atom stereocenters. The smallest absolute Gasteiger partial charge is 0.278 e. The van der Waals surface area contributed by atoms with E-state index < -0.39 is 15.9 Å². The Bertz CT molecular complexity index is 1170. The van der Waals surface area contributed by atoms with Crippen molar-refractivity contribution in [1.82, 2.24) is 24.2 Å². The van der Waals surface area contributed by atoms with Gasteiger partial charge in [0.15, 0.2) is 5.69 Å². The molecule has 1 fully saturated rings. The van der Waals surface area contributed by atoms with Crippen LogP contribution in [0.2, 0.25) is 0 Å². The highest BCUT2D eigenvalue weighted by molar-refractivity contribution is 7.89. The van der Waals surface area contributed by atoms with Gasteiger partial charge in [0.05, 0.1) is 16.3 Å². The number of carbonyl (C=O) groups excluding carboxylic acids is 1. The van der Waals surface area contributed by atoms with E-state index in [0.29, 0.717) is 37.6 Å². The number of benzene rings is 2. The second kappa shape index (κ2) is 8.58. The Morgan fingerprint density at radius 1 is 0.935 bits per heavy atom. The normalized spacial score (nSPS) is 15.7. The monoisotopic (exact) mass is 440 g/mol. The van der Waals surface area contributed by atoms with Crippen molar-refractivity contribution in [3.8, 4) is 5.69 Å². The summed E-state index contributed by atoms with van der Waals surface area (Å²) in [5.41, 5.74) is 1.94. The maximum absolute atomic E-state index is 12.8. The predicted octanol–water partition coefficient (Wildman–Crippen LogP) is 1.76. The first-order valence-electron chi connectivity index (χ1n) is 9.94. The van der Waals surface area contributed by atoms with Gasteiger partial charge in [-0.15, -0.1) is 5.10 Å². The summed E-state index contributed by atoms with van der Waals surface area (Å²) in [4.78, 5) is 16.4. The van der Waals surface area contributed by atoms with Crippen LogP contribution in [0.1, 0.15) is 16.2 Å². The van der Waals surface area contributed by atoms with Crippen molar-refractivity contribution in [3.63, 3.8) is 0 Å². The zero-order chi connectivity index (χ0) is 22.0. The van der Waals surface area contributed by atoms with E-state index in [1.807, 2.05) is 37.4 Å². The van der Waals surface area contributed by atoms with Crippen LogP contribution in [-0.2, 0) is 10.0 Å². The third kappa shape index (κ3) is 4.50. The molecule has 1 aliphatic rings. The molecule has 0 spiro atoms. The topological polar surface area (TPSA) is 100 Å². The SMILES string of the molecule is Cc1nn(-c2ccccc2)nc1C(=O)Nc1ccc(S(=O)(=O)N2CCN(C)CC2)cc1. The van der Waals surface area contributed by atoms with Crippen LogP contribution in [0.15, 0.2) is 59.5 Å². The molecule has 0 saturated carbocycles. The molecule has 1 amide bonds. The van der Waals surface area contributed by atoms with Gasteiger partial charge in [-0.3, -0.25) is 4.79 Å². The number of sulfonamides is 1. The molecule has 0 atom stereocenters. The molecule has 10 heteroatoms. The standard InChI is InChI=1S/C21H24N6O3S/c1-16-20(24-27(23-16)18-6-4-3-5-7-18)21(28)22-17-8-10-19(11-9-17)31(29,30)26-14-12-25(2)13-15-26/h3-11H,12-15H2,1-2H3,(H,22,28). The summed E-state index contributed by atoms with van der Waals surface area (Å²) in [5, 5.41) is 11.3. The first-order chi connectivity index (χ1) is 14.8. The maximum Gasteiger partial charge on any atom is 0.278 e. The number of hydrogen-bond acceptors (Lipinski definition) is 6. The highest BCUT2D eigenvalue weighted by atomic mass is 32.2. The van der Waals surface area contributed by atoms with E-state index in [4.69, 9.17) is 0 Å². The maximum atomic E-state index is 12.8. The van der Waals surface area contributed by atoms with E-state index in [2.05, 4.69) is 20.4 Å². The van der Waals surface area contributed by atoms with Gasteiger partial charge in [0.2, 0.25) is 10.0 Å². The number of anilines is 1. The quantitative estimate of drug-likeness (QED) is 0.649. The Labute approximate surface area is 181 Å². The first kappa shape index (κ1) is 21.2. The van der Waals surface area contributed by atoms with Gasteiger partial charge in [0.1, 0.15) is 0 Å². The Hall–Kier alpha value is -3.08. The fraction of sp³-hybridized carbons (Fsp3) is 0.286. The molecule has 0 radical (unpaired) electrons. The van der Waals surface area contributed by atoms with Crippen molar-refractivity contribution >= 4 is 21.6 Å². The fourth-order valence-electron chi connectivity index (χ4n) is 3.34. The van der Waals surface area contributed by atoms with Crippen LogP contribution in [-0.4, -0.2) is 71.8 Å². The number of para-hydroxylation sites is 1. The third-order valence-electron chi connectivity index (χ3n) is 5.20. The van der Waals surface area contributed by atoms with Crippen molar-refractivity contribution in [2.75, 3.05) is 38.5 Å². The number of aromatic nitrogens is 3. The number of nitrogens with one attached hydrogen (secondary N) is 1. The highest BCUT2D eigenvalue weighted by Gasteiger charge is 2.27. The van der Waals surface area contributed by atoms with Crippen LogP contribution in [0.25, 0.3) is 5.69 Å². The van der Waals surface area contributed by atoms with E-state index in [9.17, 15) is 13.2 Å². The number of amides is 1. The number of piperazine rings is 1. The summed E-state index contributed by atoms with van der Waals surface area (Å²) in [6.07, 6.45) is 0. The van der Waals surface area contributed by atoms with Crippen molar-refractivity contribution in [1.29, 1.82) is 0 Å². The van der Waals surface area contributed by atoms with E-state index in [1.165, 1.54) is 21.2 Å². The molecular formula is C21H24N6O3S. The zero-order valence-electron chi connectivity index (χ0n) is 17.4. The molecule has 0 bridgehead atoms. The molecule has 31 heavy (non-hydrogen) atoms. The summed E-state index contributed by atoms with van der Waals surface area (Å²) in [6, 6.07) is 15.5. The number of aryl methyl sites for hydroxylation is 1. The van der Waals surface area contributed by atoms with Gasteiger partial charge in [-0.2, -0.15) is 14.2 Å². The molecule has 1 saturated heterocycles. The summed E-state index contributed by atoms with van der Waals surface area (Å²) >= 11 is 0. The molecule has 2 heterocycles. The lowest BCUT2D eigenvalue weighted by Crippen LogP contribution is -2.46. The lowest BCUT2D eigenvalue weighted by atomic mass is 10.3. The number of carbonyl (C=O) groups is 1. The molecular weight excluding hydrogens is 416 g/mol. The van der Waals surface area contributed by atoms with Crippen LogP contribution in [0.5, 0.6) is 0 Å². The van der Waals surface area contributed by atoms with Gasteiger partial charge in [-0.25, -0.2) is 8.42 Å². The minimum absolute atomic E-state index is 0.206. The number of likely N-dealkylation sites (N-methyl/N-ethyl adjacent to an activating group) is 1. The van der Waals surface area contributed by atoms with Crippen molar-refractivity contribution < 1.29 is 13.2 Å². The Balaban J connectivity index is 1.47. The van der Waals surface area contributed by atoms with Gasteiger partial charge < -0.3 is 10.2 Å². The van der Waals surface area contributed by atoms with E-state index in [-0.39, 0.29) is 10.6 Å². The number of hydrogen-bond donors (Lipinski definition) is 1. The van der Waals surface area contributed by atoms with Crippen LogP contribution in [0.4, 0.5) is 5.69 Å². The highest BCUT2D eigenvalue weighted by Crippen LogP contribution is 2.20. The third-order valence-corrected chi connectivity index (χ3v) is 7.11. The molecule has 1 N–H and O–H groups in total. The van der Waals surface area contributed by atoms with Gasteiger partial charge in [0.25, 0.3) is 5.91 Å². The van der Waals surface area contributed by atoms with Crippen LogP contribution in [0.3, 0.4) is 0 Å². The number of nitrogens with zero attached hydrogens (tertiary/aromatic N) is 5. The van der Waals surface area contributed by atoms with Gasteiger partial charge >= 0.3 is 0 Å². The molecule has 2 aromatic carbocycles. The van der Waals surface area contributed by atoms with Gasteiger partial charge in [-0.05, 0) is 50.4 Å². The van der Waals surface area contributed by atoms with E-state index in [0.717, 1.165) is 5.69 Å². The van der Waals surface area contributed by atoms with Gasteiger partial charge in [0, 0.05) is 31.9 Å². The second-order valence-electron chi connectivity index (χ2n) is 7.44. The van der Waals surface area contributed by atoms with E-state index in [1.54, 1.807) is 19.1 Å². The molecule has 4 rings (SSSR count). The molecule has 9 nitrogen and oxygen atoms in total. The minimum Gasteiger partial charge on any atom is -0.321 e. The average Bonchev–Trinajstić information content (AvgIpc) is 3.17. The average molecular weight is 441 g/mol. The van der Waals surface area contributed by atoms with Gasteiger partial charge in [-0.1, -0.05) is 18.2 Å². The van der Waals surface area contributed by atoms with Crippen molar-refractivity contribution in [2.24, 2.45) is 0 Å². The first-order valence-corrected chi connectivity index (χ1v) is 11.4. The summed E-state index contributed by atoms with van der Waals surface area (Å²) < 4.78 is 27.2. The zero-order valence-corrected chi connectivity index (χ0v) is 18.2. The molecule has 0 aliphatic carbocycles. The summed E-state index contributed by atoms with van der Waals surface area (Å²) in [6.45, 7) is 4.06.